The maximum absolute atomic E-state index is 10.8. The van der Waals surface area contributed by atoms with Crippen LogP contribution in [0.25, 0.3) is 11.1 Å². The Kier molecular flexibility index (Phi) is 3.40. The number of hydrogen-bond acceptors (Lipinski definition) is 2. The molecule has 4 heteroatoms. The number of halogens is 1. The molecule has 0 aliphatic heterocycles. The molecular formula is C13H10ClNO2. The summed E-state index contributed by atoms with van der Waals surface area (Å²) in [4.78, 5) is 14.8. The molecule has 0 radical (unpaired) electrons. The van der Waals surface area contributed by atoms with Gasteiger partial charge in [-0.2, -0.15) is 0 Å². The topological polar surface area (TPSA) is 50.2 Å². The van der Waals surface area contributed by atoms with Crippen LogP contribution in [0, 0.1) is 0 Å². The van der Waals surface area contributed by atoms with Crippen LogP contribution in [-0.4, -0.2) is 16.1 Å². The predicted octanol–water partition coefficient (Wildman–Crippen LogP) is 3.03. The Balaban J connectivity index is 2.50. The molecule has 0 spiro atoms. The van der Waals surface area contributed by atoms with Crippen LogP contribution in [0.3, 0.4) is 0 Å². The van der Waals surface area contributed by atoms with Gasteiger partial charge >= 0.3 is 5.97 Å². The monoisotopic (exact) mass is 247 g/mol. The highest BCUT2D eigenvalue weighted by molar-refractivity contribution is 6.30. The second-order valence-electron chi connectivity index (χ2n) is 3.61. The standard InChI is InChI=1S/C13H10ClNO2/c14-11-3-4-12(9-2-1-5-15-8-9)10(6-11)7-13(16)17/h1-6,8H,7H2,(H,16,17). The van der Waals surface area contributed by atoms with Gasteiger partial charge in [-0.15, -0.1) is 0 Å². The summed E-state index contributed by atoms with van der Waals surface area (Å²) in [6.07, 6.45) is 3.33. The predicted molar refractivity (Wildman–Crippen MR) is 66.0 cm³/mol. The Hall–Kier alpha value is -1.87. The first kappa shape index (κ1) is 11.6. The number of rotatable bonds is 3. The van der Waals surface area contributed by atoms with Crippen molar-refractivity contribution in [3.63, 3.8) is 0 Å². The van der Waals surface area contributed by atoms with Crippen LogP contribution in [0.5, 0.6) is 0 Å². The number of carboxylic acid groups (broad SMARTS) is 1. The van der Waals surface area contributed by atoms with Crippen LogP contribution in [-0.2, 0) is 11.2 Å². The summed E-state index contributed by atoms with van der Waals surface area (Å²) in [7, 11) is 0. The van der Waals surface area contributed by atoms with Gasteiger partial charge in [-0.25, -0.2) is 0 Å². The van der Waals surface area contributed by atoms with Crippen LogP contribution >= 0.6 is 11.6 Å². The highest BCUT2D eigenvalue weighted by Gasteiger charge is 2.09. The fourth-order valence-corrected chi connectivity index (χ4v) is 1.87. The van der Waals surface area contributed by atoms with Crippen LogP contribution < -0.4 is 0 Å². The first-order valence-electron chi connectivity index (χ1n) is 5.07. The molecular weight excluding hydrogens is 238 g/mol. The number of benzene rings is 1. The number of carbonyl (C=O) groups is 1. The number of carboxylic acids is 1. The molecule has 0 amide bonds. The number of nitrogens with zero attached hydrogens (tertiary/aromatic N) is 1. The Morgan fingerprint density at radius 2 is 2.18 bits per heavy atom. The maximum atomic E-state index is 10.8. The molecule has 1 N–H and O–H groups in total. The first-order valence-corrected chi connectivity index (χ1v) is 5.45. The zero-order valence-corrected chi connectivity index (χ0v) is 9.69. The average Bonchev–Trinajstić information content (AvgIpc) is 2.29. The molecule has 0 saturated heterocycles. The lowest BCUT2D eigenvalue weighted by Gasteiger charge is -2.08. The molecule has 1 heterocycles. The van der Waals surface area contributed by atoms with E-state index in [0.29, 0.717) is 10.6 Å². The molecule has 3 nitrogen and oxygen atoms in total. The highest BCUT2D eigenvalue weighted by Crippen LogP contribution is 2.26. The van der Waals surface area contributed by atoms with Crippen molar-refractivity contribution in [2.45, 2.75) is 6.42 Å². The summed E-state index contributed by atoms with van der Waals surface area (Å²) < 4.78 is 0. The van der Waals surface area contributed by atoms with Crippen LogP contribution in [0.15, 0.2) is 42.7 Å². The fourth-order valence-electron chi connectivity index (χ4n) is 1.68. The lowest BCUT2D eigenvalue weighted by atomic mass is 9.99. The molecule has 0 bridgehead atoms. The van der Waals surface area contributed by atoms with Gasteiger partial charge in [0, 0.05) is 23.0 Å². The summed E-state index contributed by atoms with van der Waals surface area (Å²) in [5.74, 6) is -0.877. The molecule has 0 aliphatic rings. The summed E-state index contributed by atoms with van der Waals surface area (Å²) in [6.45, 7) is 0. The second kappa shape index (κ2) is 4.97. The van der Waals surface area contributed by atoms with Crippen LogP contribution in [0.4, 0.5) is 0 Å². The molecule has 0 saturated carbocycles. The highest BCUT2D eigenvalue weighted by atomic mass is 35.5. The molecule has 17 heavy (non-hydrogen) atoms. The summed E-state index contributed by atoms with van der Waals surface area (Å²) in [5.41, 5.74) is 2.43. The summed E-state index contributed by atoms with van der Waals surface area (Å²) in [6, 6.07) is 8.95. The van der Waals surface area contributed by atoms with Gasteiger partial charge in [0.15, 0.2) is 0 Å². The largest absolute Gasteiger partial charge is 0.481 e. The van der Waals surface area contributed by atoms with Crippen molar-refractivity contribution in [2.24, 2.45) is 0 Å². The Morgan fingerprint density at radius 1 is 1.35 bits per heavy atom. The minimum Gasteiger partial charge on any atom is -0.481 e. The smallest absolute Gasteiger partial charge is 0.307 e. The summed E-state index contributed by atoms with van der Waals surface area (Å²) >= 11 is 5.88. The van der Waals surface area contributed by atoms with Crippen molar-refractivity contribution >= 4 is 17.6 Å². The normalized spacial score (nSPS) is 10.2. The van der Waals surface area contributed by atoms with E-state index in [1.165, 1.54) is 0 Å². The first-order chi connectivity index (χ1) is 8.16. The van der Waals surface area contributed by atoms with E-state index in [1.54, 1.807) is 24.5 Å². The molecule has 86 valence electrons. The molecule has 0 aliphatic carbocycles. The lowest BCUT2D eigenvalue weighted by Crippen LogP contribution is -2.02. The third kappa shape index (κ3) is 2.82. The Morgan fingerprint density at radius 3 is 2.82 bits per heavy atom. The van der Waals surface area contributed by atoms with E-state index in [2.05, 4.69) is 4.98 Å². The van der Waals surface area contributed by atoms with Crippen molar-refractivity contribution in [1.29, 1.82) is 0 Å². The van der Waals surface area contributed by atoms with Crippen LogP contribution in [0.1, 0.15) is 5.56 Å². The van der Waals surface area contributed by atoms with Gasteiger partial charge in [-0.05, 0) is 29.3 Å². The van der Waals surface area contributed by atoms with Gasteiger partial charge in [-0.1, -0.05) is 23.7 Å². The third-order valence-electron chi connectivity index (χ3n) is 2.38. The van der Waals surface area contributed by atoms with E-state index in [4.69, 9.17) is 16.7 Å². The average molecular weight is 248 g/mol. The van der Waals surface area contributed by atoms with Crippen LogP contribution in [0.2, 0.25) is 5.02 Å². The van der Waals surface area contributed by atoms with Crippen molar-refractivity contribution < 1.29 is 9.90 Å². The van der Waals surface area contributed by atoms with E-state index in [0.717, 1.165) is 11.1 Å². The zero-order chi connectivity index (χ0) is 12.3. The molecule has 1 aromatic heterocycles. The number of aliphatic carboxylic acids is 1. The van der Waals surface area contributed by atoms with Gasteiger partial charge in [0.25, 0.3) is 0 Å². The molecule has 0 atom stereocenters. The van der Waals surface area contributed by atoms with Gasteiger partial charge in [-0.3, -0.25) is 9.78 Å². The van der Waals surface area contributed by atoms with E-state index >= 15 is 0 Å². The van der Waals surface area contributed by atoms with E-state index in [-0.39, 0.29) is 6.42 Å². The minimum atomic E-state index is -0.877. The van der Waals surface area contributed by atoms with E-state index in [9.17, 15) is 4.79 Å². The van der Waals surface area contributed by atoms with E-state index < -0.39 is 5.97 Å². The van der Waals surface area contributed by atoms with Crippen molar-refractivity contribution in [3.8, 4) is 11.1 Å². The maximum Gasteiger partial charge on any atom is 0.307 e. The quantitative estimate of drug-likeness (QED) is 0.907. The van der Waals surface area contributed by atoms with Crippen molar-refractivity contribution in [1.82, 2.24) is 4.98 Å². The number of hydrogen-bond donors (Lipinski definition) is 1. The molecule has 0 unspecified atom stereocenters. The number of aromatic nitrogens is 1. The lowest BCUT2D eigenvalue weighted by molar-refractivity contribution is -0.136. The molecule has 0 fully saturated rings. The SMILES string of the molecule is O=C(O)Cc1cc(Cl)ccc1-c1cccnc1. The fraction of sp³-hybridized carbons (Fsp3) is 0.0769. The summed E-state index contributed by atoms with van der Waals surface area (Å²) in [5, 5.41) is 9.41. The Bertz CT molecular complexity index is 540. The Labute approximate surface area is 104 Å². The van der Waals surface area contributed by atoms with Gasteiger partial charge < -0.3 is 5.11 Å². The van der Waals surface area contributed by atoms with Gasteiger partial charge in [0.05, 0.1) is 6.42 Å². The van der Waals surface area contributed by atoms with Crippen molar-refractivity contribution in [3.05, 3.63) is 53.3 Å². The number of pyridine rings is 1. The van der Waals surface area contributed by atoms with Gasteiger partial charge in [0.2, 0.25) is 0 Å². The molecule has 1 aromatic carbocycles. The van der Waals surface area contributed by atoms with Gasteiger partial charge in [0.1, 0.15) is 0 Å². The molecule has 2 rings (SSSR count). The second-order valence-corrected chi connectivity index (χ2v) is 4.05. The van der Waals surface area contributed by atoms with E-state index in [1.807, 2.05) is 18.2 Å². The molecule has 2 aromatic rings. The third-order valence-corrected chi connectivity index (χ3v) is 2.62. The zero-order valence-electron chi connectivity index (χ0n) is 8.93. The van der Waals surface area contributed by atoms with Crippen molar-refractivity contribution in [2.75, 3.05) is 0 Å². The minimum absolute atomic E-state index is 0.0508.